The van der Waals surface area contributed by atoms with Crippen molar-refractivity contribution in [2.75, 3.05) is 27.2 Å². The van der Waals surface area contributed by atoms with Crippen molar-refractivity contribution in [2.45, 2.75) is 12.7 Å². The molecule has 2 aromatic carbocycles. The van der Waals surface area contributed by atoms with Crippen LogP contribution in [0.25, 0.3) is 10.8 Å². The zero-order valence-electron chi connectivity index (χ0n) is 13.5. The van der Waals surface area contributed by atoms with Gasteiger partial charge >= 0.3 is 6.18 Å². The minimum absolute atomic E-state index is 0.100. The molecule has 0 bridgehead atoms. The second kappa shape index (κ2) is 7.53. The summed E-state index contributed by atoms with van der Waals surface area (Å²) in [6.07, 6.45) is -4.40. The number of amides is 1. The molecular formula is C17H19F3N2O2. The van der Waals surface area contributed by atoms with E-state index in [4.69, 9.17) is 4.74 Å². The Labute approximate surface area is 138 Å². The van der Waals surface area contributed by atoms with E-state index in [2.05, 4.69) is 0 Å². The molecule has 24 heavy (non-hydrogen) atoms. The van der Waals surface area contributed by atoms with E-state index in [1.165, 1.54) is 0 Å². The number of hydrogen-bond acceptors (Lipinski definition) is 3. The molecule has 0 saturated carbocycles. The molecular weight excluding hydrogens is 321 g/mol. The molecule has 1 amide bonds. The van der Waals surface area contributed by atoms with Crippen molar-refractivity contribution < 1.29 is 22.7 Å². The van der Waals surface area contributed by atoms with E-state index >= 15 is 0 Å². The summed E-state index contributed by atoms with van der Waals surface area (Å²) in [7, 11) is 3.29. The first-order valence-corrected chi connectivity index (χ1v) is 7.35. The Hall–Kier alpha value is -2.28. The van der Waals surface area contributed by atoms with E-state index in [0.717, 1.165) is 22.1 Å². The normalized spacial score (nSPS) is 11.8. The minimum Gasteiger partial charge on any atom is -0.497 e. The second-order valence-electron chi connectivity index (χ2n) is 5.61. The van der Waals surface area contributed by atoms with Gasteiger partial charge in [-0.3, -0.25) is 9.69 Å². The zero-order chi connectivity index (χ0) is 17.7. The number of fused-ring (bicyclic) bond motifs is 1. The topological polar surface area (TPSA) is 41.6 Å². The van der Waals surface area contributed by atoms with Crippen molar-refractivity contribution in [3.8, 4) is 5.75 Å². The number of nitrogens with zero attached hydrogens (tertiary/aromatic N) is 1. The lowest BCUT2D eigenvalue weighted by molar-refractivity contribution is -0.138. The van der Waals surface area contributed by atoms with Crippen LogP contribution in [0.1, 0.15) is 5.56 Å². The Kier molecular flexibility index (Phi) is 5.66. The van der Waals surface area contributed by atoms with Crippen LogP contribution in [0.15, 0.2) is 36.4 Å². The highest BCUT2D eigenvalue weighted by Gasteiger charge is 2.27. The molecule has 0 radical (unpaired) electrons. The van der Waals surface area contributed by atoms with Gasteiger partial charge in [0.15, 0.2) is 0 Å². The second-order valence-corrected chi connectivity index (χ2v) is 5.61. The Balaban J connectivity index is 1.95. The third-order valence-electron chi connectivity index (χ3n) is 3.46. The highest BCUT2D eigenvalue weighted by atomic mass is 19.4. The van der Waals surface area contributed by atoms with Crippen LogP contribution in [0, 0.1) is 0 Å². The van der Waals surface area contributed by atoms with Gasteiger partial charge in [-0.05, 0) is 41.6 Å². The molecule has 0 fully saturated rings. The summed E-state index contributed by atoms with van der Waals surface area (Å²) in [5.74, 6) is 0.119. The van der Waals surface area contributed by atoms with Crippen LogP contribution < -0.4 is 10.1 Å². The first-order chi connectivity index (χ1) is 11.3. The number of benzene rings is 2. The molecule has 0 spiro atoms. The fourth-order valence-electron chi connectivity index (χ4n) is 2.37. The lowest BCUT2D eigenvalue weighted by atomic mass is 10.1. The van der Waals surface area contributed by atoms with E-state index in [1.807, 2.05) is 41.7 Å². The van der Waals surface area contributed by atoms with Gasteiger partial charge in [-0.1, -0.05) is 18.2 Å². The number of likely N-dealkylation sites (N-methyl/N-ethyl adjacent to an activating group) is 1. The van der Waals surface area contributed by atoms with Gasteiger partial charge in [-0.25, -0.2) is 0 Å². The van der Waals surface area contributed by atoms with Gasteiger partial charge < -0.3 is 10.1 Å². The van der Waals surface area contributed by atoms with Crippen molar-refractivity contribution in [1.29, 1.82) is 0 Å². The summed E-state index contributed by atoms with van der Waals surface area (Å²) in [5, 5.41) is 3.92. The van der Waals surface area contributed by atoms with Crippen molar-refractivity contribution in [3.63, 3.8) is 0 Å². The number of hydrogen-bond donors (Lipinski definition) is 1. The molecule has 7 heteroatoms. The first kappa shape index (κ1) is 18.1. The summed E-state index contributed by atoms with van der Waals surface area (Å²) >= 11 is 0. The van der Waals surface area contributed by atoms with Gasteiger partial charge in [-0.15, -0.1) is 0 Å². The predicted octanol–water partition coefficient (Wildman–Crippen LogP) is 2.96. The van der Waals surface area contributed by atoms with E-state index in [0.29, 0.717) is 6.54 Å². The number of methoxy groups -OCH3 is 1. The van der Waals surface area contributed by atoms with Gasteiger partial charge in [0.1, 0.15) is 12.3 Å². The molecule has 0 unspecified atom stereocenters. The molecule has 0 aliphatic carbocycles. The minimum atomic E-state index is -4.40. The smallest absolute Gasteiger partial charge is 0.405 e. The largest absolute Gasteiger partial charge is 0.497 e. The van der Waals surface area contributed by atoms with Crippen LogP contribution in [0.2, 0.25) is 0 Å². The highest BCUT2D eigenvalue weighted by molar-refractivity contribution is 5.84. The maximum atomic E-state index is 12.1. The lowest BCUT2D eigenvalue weighted by Gasteiger charge is -2.17. The quantitative estimate of drug-likeness (QED) is 0.879. The summed E-state index contributed by atoms with van der Waals surface area (Å²) < 4.78 is 41.4. The van der Waals surface area contributed by atoms with E-state index in [1.54, 1.807) is 19.1 Å². The molecule has 0 aliphatic heterocycles. The van der Waals surface area contributed by atoms with Crippen molar-refractivity contribution in [1.82, 2.24) is 10.2 Å². The Morgan fingerprint density at radius 3 is 2.50 bits per heavy atom. The molecule has 0 heterocycles. The summed E-state index contributed by atoms with van der Waals surface area (Å²) in [6.45, 7) is -0.949. The van der Waals surface area contributed by atoms with Crippen LogP contribution in [-0.4, -0.2) is 44.2 Å². The molecule has 2 rings (SSSR count). The zero-order valence-corrected chi connectivity index (χ0v) is 13.5. The number of carbonyl (C=O) groups is 1. The van der Waals surface area contributed by atoms with Crippen LogP contribution in [-0.2, 0) is 11.3 Å². The number of nitrogens with one attached hydrogen (secondary N) is 1. The van der Waals surface area contributed by atoms with Gasteiger partial charge in [0, 0.05) is 6.54 Å². The lowest BCUT2D eigenvalue weighted by Crippen LogP contribution is -2.39. The Morgan fingerprint density at radius 2 is 1.83 bits per heavy atom. The monoisotopic (exact) mass is 340 g/mol. The fourth-order valence-corrected chi connectivity index (χ4v) is 2.37. The third kappa shape index (κ3) is 5.42. The average Bonchev–Trinajstić information content (AvgIpc) is 2.51. The van der Waals surface area contributed by atoms with E-state index < -0.39 is 18.6 Å². The van der Waals surface area contributed by atoms with Crippen molar-refractivity contribution in [2.24, 2.45) is 0 Å². The number of rotatable bonds is 6. The molecule has 130 valence electrons. The molecule has 0 saturated heterocycles. The number of alkyl halides is 3. The maximum absolute atomic E-state index is 12.1. The SMILES string of the molecule is COc1ccc2cc(CN(C)CC(=O)NCC(F)(F)F)ccc2c1. The standard InChI is InChI=1S/C17H19F3N2O2/c1-22(10-16(23)21-11-17(18,19)20)9-12-3-4-14-8-15(24-2)6-5-13(14)7-12/h3-8H,9-11H2,1-2H3,(H,21,23). The van der Waals surface area contributed by atoms with E-state index in [-0.39, 0.29) is 6.54 Å². The summed E-state index contributed by atoms with van der Waals surface area (Å²) in [6, 6.07) is 11.6. The molecule has 2 aromatic rings. The van der Waals surface area contributed by atoms with Crippen LogP contribution in [0.4, 0.5) is 13.2 Å². The Bertz CT molecular complexity index is 717. The average molecular weight is 340 g/mol. The summed E-state index contributed by atoms with van der Waals surface area (Å²) in [4.78, 5) is 13.2. The predicted molar refractivity (Wildman–Crippen MR) is 85.9 cm³/mol. The van der Waals surface area contributed by atoms with Gasteiger partial charge in [0.2, 0.25) is 5.91 Å². The van der Waals surface area contributed by atoms with Crippen LogP contribution >= 0.6 is 0 Å². The number of ether oxygens (including phenoxy) is 1. The molecule has 0 atom stereocenters. The van der Waals surface area contributed by atoms with Crippen molar-refractivity contribution in [3.05, 3.63) is 42.0 Å². The van der Waals surface area contributed by atoms with Crippen LogP contribution in [0.5, 0.6) is 5.75 Å². The Morgan fingerprint density at radius 1 is 1.17 bits per heavy atom. The van der Waals surface area contributed by atoms with Crippen molar-refractivity contribution >= 4 is 16.7 Å². The molecule has 4 nitrogen and oxygen atoms in total. The molecule has 0 aromatic heterocycles. The maximum Gasteiger partial charge on any atom is 0.405 e. The number of carbonyl (C=O) groups excluding carboxylic acids is 1. The van der Waals surface area contributed by atoms with Gasteiger partial charge in [-0.2, -0.15) is 13.2 Å². The van der Waals surface area contributed by atoms with Crippen LogP contribution in [0.3, 0.4) is 0 Å². The van der Waals surface area contributed by atoms with Gasteiger partial charge in [0.25, 0.3) is 0 Å². The van der Waals surface area contributed by atoms with E-state index in [9.17, 15) is 18.0 Å². The van der Waals surface area contributed by atoms with Gasteiger partial charge in [0.05, 0.1) is 13.7 Å². The fraction of sp³-hybridized carbons (Fsp3) is 0.353. The summed E-state index contributed by atoms with van der Waals surface area (Å²) in [5.41, 5.74) is 0.971. The highest BCUT2D eigenvalue weighted by Crippen LogP contribution is 2.22. The molecule has 1 N–H and O–H groups in total. The third-order valence-corrected chi connectivity index (χ3v) is 3.46. The number of halogens is 3. The first-order valence-electron chi connectivity index (χ1n) is 7.35. The molecule has 0 aliphatic rings.